The number of hydrogen-bond donors (Lipinski definition) is 3. The van der Waals surface area contributed by atoms with Crippen molar-refractivity contribution in [2.24, 2.45) is 11.1 Å². The van der Waals surface area contributed by atoms with E-state index in [0.717, 1.165) is 24.8 Å². The van der Waals surface area contributed by atoms with Gasteiger partial charge in [-0.2, -0.15) is 0 Å². The molecule has 4 nitrogen and oxygen atoms in total. The summed E-state index contributed by atoms with van der Waals surface area (Å²) in [6.45, 7) is 2.40. The molecule has 1 aliphatic carbocycles. The smallest absolute Gasteiger partial charge is 0.231 e. The summed E-state index contributed by atoms with van der Waals surface area (Å²) in [5.74, 6) is 0.0203. The number of benzene rings is 1. The zero-order chi connectivity index (χ0) is 12.5. The normalized spacial score (nSPS) is 16.6. The average Bonchev–Trinajstić information content (AvgIpc) is 3.13. The van der Waals surface area contributed by atoms with Gasteiger partial charge >= 0.3 is 0 Å². The van der Waals surface area contributed by atoms with Crippen LogP contribution in [0.5, 0.6) is 5.75 Å². The molecule has 4 N–H and O–H groups in total. The van der Waals surface area contributed by atoms with E-state index in [2.05, 4.69) is 5.32 Å². The fourth-order valence-corrected chi connectivity index (χ4v) is 1.83. The van der Waals surface area contributed by atoms with Crippen LogP contribution in [0.25, 0.3) is 0 Å². The summed E-state index contributed by atoms with van der Waals surface area (Å²) in [6.07, 6.45) is 2.54. The molecule has 1 aromatic rings. The molecule has 17 heavy (non-hydrogen) atoms. The molecule has 2 rings (SSSR count). The lowest BCUT2D eigenvalue weighted by Crippen LogP contribution is -2.30. The lowest BCUT2D eigenvalue weighted by atomic mass is 10.1. The molecule has 0 atom stereocenters. The van der Waals surface area contributed by atoms with E-state index < -0.39 is 5.41 Å². The Labute approximate surface area is 101 Å². The second-order valence-corrected chi connectivity index (χ2v) is 4.64. The van der Waals surface area contributed by atoms with E-state index in [1.807, 2.05) is 13.0 Å². The zero-order valence-corrected chi connectivity index (χ0v) is 9.99. The summed E-state index contributed by atoms with van der Waals surface area (Å²) in [5.41, 5.74) is 6.76. The van der Waals surface area contributed by atoms with Crippen molar-refractivity contribution in [1.82, 2.24) is 0 Å². The molecule has 0 heterocycles. The van der Waals surface area contributed by atoms with Crippen LogP contribution in [0, 0.1) is 5.41 Å². The minimum atomic E-state index is -0.394. The Bertz CT molecular complexity index is 439. The number of carbonyl (C=O) groups excluding carboxylic acids is 1. The highest BCUT2D eigenvalue weighted by molar-refractivity contribution is 5.98. The van der Waals surface area contributed by atoms with Gasteiger partial charge in [0.2, 0.25) is 5.91 Å². The van der Waals surface area contributed by atoms with Gasteiger partial charge in [0, 0.05) is 6.54 Å². The predicted octanol–water partition coefficient (Wildman–Crippen LogP) is 1.63. The van der Waals surface area contributed by atoms with Crippen molar-refractivity contribution in [1.29, 1.82) is 0 Å². The molecule has 0 unspecified atom stereocenters. The van der Waals surface area contributed by atoms with E-state index in [1.165, 1.54) is 0 Å². The molecular formula is C13H18N2O2. The predicted molar refractivity (Wildman–Crippen MR) is 66.8 cm³/mol. The molecule has 0 bridgehead atoms. The molecule has 0 spiro atoms. The minimum absolute atomic E-state index is 0.0800. The first-order chi connectivity index (χ1) is 8.11. The molecule has 4 heteroatoms. The molecule has 0 aromatic heterocycles. The molecule has 1 aromatic carbocycles. The summed E-state index contributed by atoms with van der Waals surface area (Å²) in [7, 11) is 0. The summed E-state index contributed by atoms with van der Waals surface area (Å²) in [6, 6.07) is 5.26. The maximum atomic E-state index is 12.0. The Hall–Kier alpha value is -1.55. The Balaban J connectivity index is 2.15. The van der Waals surface area contributed by atoms with Crippen LogP contribution >= 0.6 is 0 Å². The zero-order valence-electron chi connectivity index (χ0n) is 9.99. The van der Waals surface area contributed by atoms with E-state index in [0.29, 0.717) is 12.2 Å². The van der Waals surface area contributed by atoms with Crippen LogP contribution in [0.3, 0.4) is 0 Å². The van der Waals surface area contributed by atoms with Gasteiger partial charge in [0.25, 0.3) is 0 Å². The first-order valence-electron chi connectivity index (χ1n) is 5.95. The number of aromatic hydroxyl groups is 1. The van der Waals surface area contributed by atoms with Gasteiger partial charge in [-0.1, -0.05) is 13.0 Å². The number of hydrogen-bond acceptors (Lipinski definition) is 3. The summed E-state index contributed by atoms with van der Waals surface area (Å²) < 4.78 is 0. The number of nitrogens with one attached hydrogen (secondary N) is 1. The number of phenolic OH excluding ortho intramolecular Hbond substituents is 1. The van der Waals surface area contributed by atoms with Crippen LogP contribution in [0.2, 0.25) is 0 Å². The fourth-order valence-electron chi connectivity index (χ4n) is 1.83. The third-order valence-electron chi connectivity index (χ3n) is 3.44. The maximum Gasteiger partial charge on any atom is 0.231 e. The maximum absolute atomic E-state index is 12.0. The molecule has 0 radical (unpaired) electrons. The van der Waals surface area contributed by atoms with Crippen LogP contribution < -0.4 is 11.1 Å². The van der Waals surface area contributed by atoms with E-state index >= 15 is 0 Å². The van der Waals surface area contributed by atoms with Crippen LogP contribution in [0.4, 0.5) is 5.69 Å². The highest BCUT2D eigenvalue weighted by atomic mass is 16.3. The van der Waals surface area contributed by atoms with Crippen molar-refractivity contribution in [3.63, 3.8) is 0 Å². The van der Waals surface area contributed by atoms with Crippen molar-refractivity contribution in [3.05, 3.63) is 23.8 Å². The lowest BCUT2D eigenvalue weighted by Gasteiger charge is -2.14. The highest BCUT2D eigenvalue weighted by Gasteiger charge is 2.48. The molecule has 0 saturated heterocycles. The summed E-state index contributed by atoms with van der Waals surface area (Å²) >= 11 is 0. The van der Waals surface area contributed by atoms with Crippen molar-refractivity contribution >= 4 is 11.6 Å². The minimum Gasteiger partial charge on any atom is -0.506 e. The topological polar surface area (TPSA) is 75.3 Å². The molecule has 92 valence electrons. The van der Waals surface area contributed by atoms with E-state index in [4.69, 9.17) is 5.73 Å². The van der Waals surface area contributed by atoms with Gasteiger partial charge in [-0.15, -0.1) is 0 Å². The quantitative estimate of drug-likeness (QED) is 0.693. The van der Waals surface area contributed by atoms with Gasteiger partial charge in [-0.3, -0.25) is 4.79 Å². The van der Waals surface area contributed by atoms with E-state index in [-0.39, 0.29) is 11.7 Å². The second kappa shape index (κ2) is 4.37. The standard InChI is InChI=1S/C13H18N2O2/c1-2-9-3-4-11(16)10(7-9)15-12(17)13(8-14)5-6-13/h3-4,7,16H,2,5-6,8,14H2,1H3,(H,15,17). The number of amides is 1. The van der Waals surface area contributed by atoms with Gasteiger partial charge in [0.15, 0.2) is 0 Å². The van der Waals surface area contributed by atoms with Gasteiger partial charge in [0.1, 0.15) is 5.75 Å². The number of rotatable bonds is 4. The van der Waals surface area contributed by atoms with E-state index in [9.17, 15) is 9.90 Å². The van der Waals surface area contributed by atoms with Crippen LogP contribution in [0.1, 0.15) is 25.3 Å². The largest absolute Gasteiger partial charge is 0.506 e. The van der Waals surface area contributed by atoms with Gasteiger partial charge in [0.05, 0.1) is 11.1 Å². The third-order valence-corrected chi connectivity index (χ3v) is 3.44. The molecule has 1 saturated carbocycles. The molecular weight excluding hydrogens is 216 g/mol. The van der Waals surface area contributed by atoms with Gasteiger partial charge in [-0.25, -0.2) is 0 Å². The first kappa shape index (κ1) is 11.9. The highest BCUT2D eigenvalue weighted by Crippen LogP contribution is 2.45. The Morgan fingerprint density at radius 2 is 2.24 bits per heavy atom. The number of aryl methyl sites for hydroxylation is 1. The summed E-state index contributed by atoms with van der Waals surface area (Å²) in [5, 5.41) is 12.5. The Kier molecular flexibility index (Phi) is 3.07. The van der Waals surface area contributed by atoms with Crippen LogP contribution in [-0.4, -0.2) is 17.6 Å². The fraction of sp³-hybridized carbons (Fsp3) is 0.462. The van der Waals surface area contributed by atoms with E-state index in [1.54, 1.807) is 12.1 Å². The van der Waals surface area contributed by atoms with Crippen molar-refractivity contribution in [2.75, 3.05) is 11.9 Å². The third kappa shape index (κ3) is 2.26. The van der Waals surface area contributed by atoms with Crippen molar-refractivity contribution in [2.45, 2.75) is 26.2 Å². The number of carbonyl (C=O) groups is 1. The SMILES string of the molecule is CCc1ccc(O)c(NC(=O)C2(CN)CC2)c1. The molecule has 1 fully saturated rings. The first-order valence-corrected chi connectivity index (χ1v) is 5.95. The average molecular weight is 234 g/mol. The lowest BCUT2D eigenvalue weighted by molar-refractivity contribution is -0.120. The molecule has 1 aliphatic rings. The van der Waals surface area contributed by atoms with Gasteiger partial charge in [-0.05, 0) is 37.0 Å². The second-order valence-electron chi connectivity index (χ2n) is 4.64. The number of nitrogens with two attached hydrogens (primary N) is 1. The van der Waals surface area contributed by atoms with Crippen LogP contribution in [-0.2, 0) is 11.2 Å². The molecule has 1 amide bonds. The Morgan fingerprint density at radius 1 is 1.53 bits per heavy atom. The number of phenols is 1. The van der Waals surface area contributed by atoms with Gasteiger partial charge < -0.3 is 16.2 Å². The number of anilines is 1. The Morgan fingerprint density at radius 3 is 2.76 bits per heavy atom. The van der Waals surface area contributed by atoms with Crippen LogP contribution in [0.15, 0.2) is 18.2 Å². The molecule has 0 aliphatic heterocycles. The summed E-state index contributed by atoms with van der Waals surface area (Å²) in [4.78, 5) is 12.0. The monoisotopic (exact) mass is 234 g/mol. The van der Waals surface area contributed by atoms with Crippen molar-refractivity contribution < 1.29 is 9.90 Å². The van der Waals surface area contributed by atoms with Crippen molar-refractivity contribution in [3.8, 4) is 5.75 Å².